The number of nitrogens with zero attached hydrogens (tertiary/aromatic N) is 1. The third-order valence-electron chi connectivity index (χ3n) is 3.61. The number of aryl methyl sites for hydroxylation is 2. The van der Waals surface area contributed by atoms with Crippen molar-refractivity contribution in [2.24, 2.45) is 0 Å². The van der Waals surface area contributed by atoms with Crippen molar-refractivity contribution in [1.82, 2.24) is 10.3 Å². The maximum absolute atomic E-state index is 12.1. The largest absolute Gasteiger partial charge is 0.385 e. The van der Waals surface area contributed by atoms with Gasteiger partial charge in [0.1, 0.15) is 5.82 Å². The molecule has 0 saturated heterocycles. The average Bonchev–Trinajstić information content (AvgIpc) is 2.55. The van der Waals surface area contributed by atoms with Crippen LogP contribution in [-0.2, 0) is 4.74 Å². The van der Waals surface area contributed by atoms with E-state index in [4.69, 9.17) is 4.74 Å². The van der Waals surface area contributed by atoms with Crippen LogP contribution in [0.3, 0.4) is 0 Å². The molecule has 23 heavy (non-hydrogen) atoms. The number of hydrogen-bond acceptors (Lipinski definition) is 4. The molecule has 0 atom stereocenters. The van der Waals surface area contributed by atoms with Crippen molar-refractivity contribution < 1.29 is 9.53 Å². The van der Waals surface area contributed by atoms with Gasteiger partial charge in [-0.15, -0.1) is 0 Å². The standard InChI is InChI=1S/C18H23N3O2/c1-13-5-6-16(11-14(13)2)21-17-12-15(7-9-19-17)18(22)20-8-4-10-23-3/h5-7,9,11-12H,4,8,10H2,1-3H3,(H,19,21)(H,20,22). The molecule has 0 saturated carbocycles. The molecule has 1 amide bonds. The van der Waals surface area contributed by atoms with Gasteiger partial charge in [0, 0.05) is 37.7 Å². The molecule has 0 aliphatic rings. The summed E-state index contributed by atoms with van der Waals surface area (Å²) in [5.41, 5.74) is 4.00. The number of nitrogens with one attached hydrogen (secondary N) is 2. The van der Waals surface area contributed by atoms with E-state index in [-0.39, 0.29) is 5.91 Å². The van der Waals surface area contributed by atoms with E-state index in [1.807, 2.05) is 6.07 Å². The predicted molar refractivity (Wildman–Crippen MR) is 92.3 cm³/mol. The Morgan fingerprint density at radius 1 is 1.17 bits per heavy atom. The lowest BCUT2D eigenvalue weighted by atomic mass is 10.1. The molecule has 5 nitrogen and oxygen atoms in total. The van der Waals surface area contributed by atoms with Gasteiger partial charge in [0.25, 0.3) is 5.91 Å². The smallest absolute Gasteiger partial charge is 0.251 e. The van der Waals surface area contributed by atoms with Crippen LogP contribution in [0, 0.1) is 13.8 Å². The zero-order valence-electron chi connectivity index (χ0n) is 13.8. The van der Waals surface area contributed by atoms with Crippen LogP contribution in [0.5, 0.6) is 0 Å². The summed E-state index contributed by atoms with van der Waals surface area (Å²) < 4.78 is 4.96. The van der Waals surface area contributed by atoms with E-state index >= 15 is 0 Å². The molecule has 2 aromatic rings. The molecule has 0 fully saturated rings. The number of ether oxygens (including phenoxy) is 1. The molecule has 1 aromatic carbocycles. The van der Waals surface area contributed by atoms with Gasteiger partial charge >= 0.3 is 0 Å². The minimum absolute atomic E-state index is 0.105. The minimum atomic E-state index is -0.105. The summed E-state index contributed by atoms with van der Waals surface area (Å²) in [7, 11) is 1.65. The van der Waals surface area contributed by atoms with E-state index in [1.165, 1.54) is 11.1 Å². The molecule has 2 N–H and O–H groups in total. The molecular formula is C18H23N3O2. The predicted octanol–water partition coefficient (Wildman–Crippen LogP) is 3.21. The van der Waals surface area contributed by atoms with E-state index in [1.54, 1.807) is 25.4 Å². The number of carbonyl (C=O) groups excluding carboxylic acids is 1. The highest BCUT2D eigenvalue weighted by Gasteiger charge is 2.07. The second-order valence-corrected chi connectivity index (χ2v) is 5.46. The van der Waals surface area contributed by atoms with Crippen LogP contribution in [-0.4, -0.2) is 31.2 Å². The van der Waals surface area contributed by atoms with E-state index in [9.17, 15) is 4.79 Å². The number of aromatic nitrogens is 1. The van der Waals surface area contributed by atoms with Crippen LogP contribution >= 0.6 is 0 Å². The second-order valence-electron chi connectivity index (χ2n) is 5.46. The van der Waals surface area contributed by atoms with Crippen LogP contribution < -0.4 is 10.6 Å². The van der Waals surface area contributed by atoms with Crippen molar-refractivity contribution >= 4 is 17.4 Å². The lowest BCUT2D eigenvalue weighted by Gasteiger charge is -2.10. The fraction of sp³-hybridized carbons (Fsp3) is 0.333. The summed E-state index contributed by atoms with van der Waals surface area (Å²) in [6.07, 6.45) is 2.43. The van der Waals surface area contributed by atoms with Crippen molar-refractivity contribution in [2.75, 3.05) is 25.6 Å². The molecule has 122 valence electrons. The Morgan fingerprint density at radius 3 is 2.74 bits per heavy atom. The summed E-state index contributed by atoms with van der Waals surface area (Å²) in [4.78, 5) is 16.4. The van der Waals surface area contributed by atoms with Crippen LogP contribution in [0.25, 0.3) is 0 Å². The van der Waals surface area contributed by atoms with Crippen molar-refractivity contribution in [3.05, 3.63) is 53.2 Å². The van der Waals surface area contributed by atoms with Crippen LogP contribution in [0.15, 0.2) is 36.5 Å². The van der Waals surface area contributed by atoms with Crippen molar-refractivity contribution in [3.63, 3.8) is 0 Å². The molecule has 5 heteroatoms. The Hall–Kier alpha value is -2.40. The first kappa shape index (κ1) is 17.0. The van der Waals surface area contributed by atoms with Gasteiger partial charge in [-0.3, -0.25) is 4.79 Å². The maximum Gasteiger partial charge on any atom is 0.251 e. The summed E-state index contributed by atoms with van der Waals surface area (Å²) in [6, 6.07) is 9.58. The maximum atomic E-state index is 12.1. The summed E-state index contributed by atoms with van der Waals surface area (Å²) >= 11 is 0. The lowest BCUT2D eigenvalue weighted by molar-refractivity contribution is 0.0948. The number of benzene rings is 1. The van der Waals surface area contributed by atoms with E-state index < -0.39 is 0 Å². The van der Waals surface area contributed by atoms with E-state index in [2.05, 4.69) is 41.6 Å². The highest BCUT2D eigenvalue weighted by atomic mass is 16.5. The summed E-state index contributed by atoms with van der Waals surface area (Å²) in [5.74, 6) is 0.546. The molecule has 2 rings (SSSR count). The second kappa shape index (κ2) is 8.29. The fourth-order valence-electron chi connectivity index (χ4n) is 2.13. The van der Waals surface area contributed by atoms with Gasteiger partial charge in [0.05, 0.1) is 0 Å². The molecule has 0 aliphatic heterocycles. The normalized spacial score (nSPS) is 10.4. The van der Waals surface area contributed by atoms with Gasteiger partial charge < -0.3 is 15.4 Å². The van der Waals surface area contributed by atoms with Gasteiger partial charge in [-0.05, 0) is 55.7 Å². The molecule has 0 aliphatic carbocycles. The third kappa shape index (κ3) is 5.07. The molecule has 1 heterocycles. The number of methoxy groups -OCH3 is 1. The molecule has 0 radical (unpaired) electrons. The van der Waals surface area contributed by atoms with Gasteiger partial charge in [-0.2, -0.15) is 0 Å². The molecular weight excluding hydrogens is 290 g/mol. The first-order chi connectivity index (χ1) is 11.1. The van der Waals surface area contributed by atoms with Crippen LogP contribution in [0.2, 0.25) is 0 Å². The third-order valence-corrected chi connectivity index (χ3v) is 3.61. The summed E-state index contributed by atoms with van der Waals surface area (Å²) in [5, 5.41) is 6.10. The SMILES string of the molecule is COCCCNC(=O)c1ccnc(Nc2ccc(C)c(C)c2)c1. The summed E-state index contributed by atoms with van der Waals surface area (Å²) in [6.45, 7) is 5.37. The Bertz CT molecular complexity index is 671. The first-order valence-corrected chi connectivity index (χ1v) is 7.67. The number of hydrogen-bond donors (Lipinski definition) is 2. The van der Waals surface area contributed by atoms with Crippen LogP contribution in [0.1, 0.15) is 27.9 Å². The Labute approximate surface area is 137 Å². The zero-order valence-corrected chi connectivity index (χ0v) is 13.8. The Morgan fingerprint density at radius 2 is 2.00 bits per heavy atom. The molecule has 0 unspecified atom stereocenters. The van der Waals surface area contributed by atoms with Crippen molar-refractivity contribution in [1.29, 1.82) is 0 Å². The molecule has 1 aromatic heterocycles. The number of pyridine rings is 1. The number of carbonyl (C=O) groups is 1. The first-order valence-electron chi connectivity index (χ1n) is 7.67. The lowest BCUT2D eigenvalue weighted by Crippen LogP contribution is -2.25. The van der Waals surface area contributed by atoms with Crippen molar-refractivity contribution in [3.8, 4) is 0 Å². The number of amides is 1. The Kier molecular flexibility index (Phi) is 6.11. The number of anilines is 2. The zero-order chi connectivity index (χ0) is 16.7. The van der Waals surface area contributed by atoms with Crippen LogP contribution in [0.4, 0.5) is 11.5 Å². The van der Waals surface area contributed by atoms with Gasteiger partial charge in [-0.25, -0.2) is 4.98 Å². The molecule has 0 spiro atoms. The van der Waals surface area contributed by atoms with E-state index in [0.29, 0.717) is 24.5 Å². The Balaban J connectivity index is 2.01. The van der Waals surface area contributed by atoms with Gasteiger partial charge in [0.15, 0.2) is 0 Å². The quantitative estimate of drug-likeness (QED) is 0.771. The molecule has 0 bridgehead atoms. The van der Waals surface area contributed by atoms with E-state index in [0.717, 1.165) is 12.1 Å². The van der Waals surface area contributed by atoms with Gasteiger partial charge in [0.2, 0.25) is 0 Å². The fourth-order valence-corrected chi connectivity index (χ4v) is 2.13. The highest BCUT2D eigenvalue weighted by Crippen LogP contribution is 2.18. The average molecular weight is 313 g/mol. The highest BCUT2D eigenvalue weighted by molar-refractivity contribution is 5.94. The minimum Gasteiger partial charge on any atom is -0.385 e. The van der Waals surface area contributed by atoms with Gasteiger partial charge in [-0.1, -0.05) is 6.07 Å². The van der Waals surface area contributed by atoms with Crippen molar-refractivity contribution in [2.45, 2.75) is 20.3 Å². The monoisotopic (exact) mass is 313 g/mol. The number of rotatable bonds is 7. The topological polar surface area (TPSA) is 63.2 Å².